The maximum Gasteiger partial charge on any atom is 0.338 e. The molecule has 46 heavy (non-hydrogen) atoms. The maximum atomic E-state index is 12.8. The van der Waals surface area contributed by atoms with Crippen LogP contribution in [-0.4, -0.2) is 78.2 Å². The number of carbonyl (C=O) groups is 2. The summed E-state index contributed by atoms with van der Waals surface area (Å²) in [4.78, 5) is 32.1. The van der Waals surface area contributed by atoms with Crippen LogP contribution >= 0.6 is 8.53 Å². The van der Waals surface area contributed by atoms with E-state index >= 15 is 0 Å². The van der Waals surface area contributed by atoms with Gasteiger partial charge in [-0.2, -0.15) is 5.26 Å². The summed E-state index contributed by atoms with van der Waals surface area (Å²) in [5, 5.41) is 11.9. The standard InChI is InChI=1S/C34H46N5O6P/c1-7-30(22-44-46(43-20-14-19-35)39(25(2)3)26(4)5)45-31(23-42-34(41)29-17-12-9-13-18-29)38-21-27(6)32(36-24-38)37-33(40)28-15-10-8-11-16-28/h8-13,15-18,21,25-26,30-31H,7,14,20,22-24H2,1-6H3,(H,36,37,40)/t30-,31-,46?/m1/s1. The number of rotatable bonds is 17. The van der Waals surface area contributed by atoms with E-state index in [4.69, 9.17) is 23.8 Å². The maximum absolute atomic E-state index is 12.8. The van der Waals surface area contributed by atoms with E-state index < -0.39 is 20.7 Å². The summed E-state index contributed by atoms with van der Waals surface area (Å²) in [6, 6.07) is 20.2. The highest BCUT2D eigenvalue weighted by Gasteiger charge is 2.30. The molecule has 12 heteroatoms. The van der Waals surface area contributed by atoms with Crippen LogP contribution in [0.1, 0.15) is 75.1 Å². The van der Waals surface area contributed by atoms with Gasteiger partial charge in [-0.1, -0.05) is 43.3 Å². The third-order valence-corrected chi connectivity index (χ3v) is 9.04. The quantitative estimate of drug-likeness (QED) is 0.120. The highest BCUT2D eigenvalue weighted by molar-refractivity contribution is 7.44. The second-order valence-corrected chi connectivity index (χ2v) is 12.7. The van der Waals surface area contributed by atoms with E-state index in [1.165, 1.54) is 0 Å². The van der Waals surface area contributed by atoms with Crippen molar-refractivity contribution in [2.24, 2.45) is 4.99 Å². The van der Waals surface area contributed by atoms with E-state index in [0.717, 1.165) is 5.57 Å². The summed E-state index contributed by atoms with van der Waals surface area (Å²) in [7, 11) is -1.45. The Morgan fingerprint density at radius 1 is 1.00 bits per heavy atom. The summed E-state index contributed by atoms with van der Waals surface area (Å²) >= 11 is 0. The zero-order chi connectivity index (χ0) is 33.5. The van der Waals surface area contributed by atoms with Crippen LogP contribution in [0.3, 0.4) is 0 Å². The summed E-state index contributed by atoms with van der Waals surface area (Å²) in [5.74, 6) is -0.253. The van der Waals surface area contributed by atoms with Gasteiger partial charge >= 0.3 is 5.97 Å². The minimum absolute atomic E-state index is 0.0627. The monoisotopic (exact) mass is 651 g/mol. The number of nitriles is 1. The smallest absolute Gasteiger partial charge is 0.338 e. The van der Waals surface area contributed by atoms with Gasteiger partial charge in [0.1, 0.15) is 19.1 Å². The van der Waals surface area contributed by atoms with E-state index in [-0.39, 0.29) is 57.0 Å². The molecule has 0 bridgehead atoms. The summed E-state index contributed by atoms with van der Waals surface area (Å²) < 4.78 is 26.8. The van der Waals surface area contributed by atoms with E-state index in [1.807, 2.05) is 37.1 Å². The van der Waals surface area contributed by atoms with Crippen LogP contribution in [0, 0.1) is 11.3 Å². The fourth-order valence-electron chi connectivity index (χ4n) is 4.66. The Labute approximate surface area is 274 Å². The largest absolute Gasteiger partial charge is 0.457 e. The molecule has 0 saturated heterocycles. The molecule has 1 N–H and O–H groups in total. The molecule has 11 nitrogen and oxygen atoms in total. The fraction of sp³-hybridized carbons (Fsp3) is 0.471. The first-order chi connectivity index (χ1) is 22.1. The first-order valence-corrected chi connectivity index (χ1v) is 16.7. The van der Waals surface area contributed by atoms with Crippen LogP contribution < -0.4 is 5.32 Å². The Bertz CT molecular complexity index is 1340. The van der Waals surface area contributed by atoms with Gasteiger partial charge in [-0.05, 0) is 65.3 Å². The Morgan fingerprint density at radius 3 is 2.20 bits per heavy atom. The van der Waals surface area contributed by atoms with Crippen molar-refractivity contribution in [1.82, 2.24) is 14.9 Å². The minimum Gasteiger partial charge on any atom is -0.457 e. The SMILES string of the molecule is CC[C@H](COP(OCCC#N)N(C(C)C)C(C)C)O[C@H](COC(=O)c1ccccc1)N1C=C(C)C(NC(=O)c2ccccc2)=NC1. The summed E-state index contributed by atoms with van der Waals surface area (Å²) in [6.07, 6.45) is 1.67. The average Bonchev–Trinajstić information content (AvgIpc) is 3.05. The predicted octanol–water partition coefficient (Wildman–Crippen LogP) is 6.26. The summed E-state index contributed by atoms with van der Waals surface area (Å²) in [6.45, 7) is 12.8. The van der Waals surface area contributed by atoms with E-state index in [1.54, 1.807) is 48.5 Å². The van der Waals surface area contributed by atoms with Crippen LogP contribution in [0.25, 0.3) is 0 Å². The van der Waals surface area contributed by atoms with Crippen LogP contribution in [0.15, 0.2) is 77.4 Å². The van der Waals surface area contributed by atoms with Crippen LogP contribution in [-0.2, 0) is 18.5 Å². The zero-order valence-corrected chi connectivity index (χ0v) is 28.5. The highest BCUT2D eigenvalue weighted by Crippen LogP contribution is 2.46. The summed E-state index contributed by atoms with van der Waals surface area (Å²) in [5.41, 5.74) is 1.69. The molecule has 1 unspecified atom stereocenters. The molecule has 3 atom stereocenters. The lowest BCUT2D eigenvalue weighted by Gasteiger charge is -2.37. The van der Waals surface area contributed by atoms with Gasteiger partial charge in [0.2, 0.25) is 0 Å². The van der Waals surface area contributed by atoms with Crippen molar-refractivity contribution in [3.63, 3.8) is 0 Å². The number of esters is 1. The molecule has 0 aliphatic carbocycles. The number of carbonyl (C=O) groups excluding carboxylic acids is 2. The van der Waals surface area contributed by atoms with Gasteiger partial charge in [0.25, 0.3) is 14.4 Å². The minimum atomic E-state index is -1.45. The van der Waals surface area contributed by atoms with Gasteiger partial charge in [-0.15, -0.1) is 0 Å². The number of hydrogen-bond acceptors (Lipinski definition) is 10. The van der Waals surface area contributed by atoms with Gasteiger partial charge in [0.05, 0.1) is 37.4 Å². The zero-order valence-electron chi connectivity index (χ0n) is 27.6. The molecule has 0 spiro atoms. The molecular formula is C34H46N5O6P. The molecule has 1 aliphatic heterocycles. The van der Waals surface area contributed by atoms with Gasteiger partial charge in [-0.25, -0.2) is 14.5 Å². The van der Waals surface area contributed by atoms with Gasteiger partial charge in [0, 0.05) is 29.4 Å². The molecular weight excluding hydrogens is 605 g/mol. The van der Waals surface area contributed by atoms with Crippen LogP contribution in [0.2, 0.25) is 0 Å². The molecule has 3 rings (SSSR count). The Kier molecular flexibility index (Phi) is 15.3. The Balaban J connectivity index is 1.75. The van der Waals surface area contributed by atoms with Crippen molar-refractivity contribution in [2.45, 2.75) is 78.8 Å². The highest BCUT2D eigenvalue weighted by atomic mass is 31.2. The Hall–Kier alpha value is -3.65. The Morgan fingerprint density at radius 2 is 1.63 bits per heavy atom. The van der Waals surface area contributed by atoms with E-state index in [2.05, 4.69) is 48.7 Å². The number of amides is 1. The van der Waals surface area contributed by atoms with Crippen molar-refractivity contribution in [3.8, 4) is 6.07 Å². The molecule has 0 radical (unpaired) electrons. The normalized spacial score (nSPS) is 15.2. The molecule has 2 aromatic carbocycles. The molecule has 1 amide bonds. The average molecular weight is 652 g/mol. The molecule has 0 fully saturated rings. The number of benzene rings is 2. The molecule has 2 aromatic rings. The van der Waals surface area contributed by atoms with Crippen molar-refractivity contribution in [2.75, 3.05) is 26.5 Å². The van der Waals surface area contributed by atoms with E-state index in [9.17, 15) is 9.59 Å². The van der Waals surface area contributed by atoms with Gasteiger partial charge in [-0.3, -0.25) is 4.79 Å². The molecule has 1 heterocycles. The third-order valence-electron chi connectivity index (χ3n) is 6.97. The second kappa shape index (κ2) is 19.1. The molecule has 0 saturated carbocycles. The van der Waals surface area contributed by atoms with Crippen molar-refractivity contribution in [3.05, 3.63) is 83.6 Å². The second-order valence-electron chi connectivity index (χ2n) is 11.2. The lowest BCUT2D eigenvalue weighted by atomic mass is 10.2. The van der Waals surface area contributed by atoms with Gasteiger partial charge < -0.3 is 28.7 Å². The molecule has 248 valence electrons. The molecule has 0 aromatic heterocycles. The topological polar surface area (TPSA) is 126 Å². The fourth-order valence-corrected chi connectivity index (χ4v) is 6.30. The number of aliphatic imine (C=N–C) groups is 1. The molecule has 1 aliphatic rings. The number of nitrogens with zero attached hydrogens (tertiary/aromatic N) is 4. The number of ether oxygens (including phenoxy) is 2. The number of amidine groups is 1. The lowest BCUT2D eigenvalue weighted by molar-refractivity contribution is -0.119. The third kappa shape index (κ3) is 11.3. The van der Waals surface area contributed by atoms with Crippen molar-refractivity contribution < 1.29 is 28.1 Å². The van der Waals surface area contributed by atoms with Crippen molar-refractivity contribution in [1.29, 1.82) is 5.26 Å². The van der Waals surface area contributed by atoms with Crippen LogP contribution in [0.4, 0.5) is 0 Å². The first-order valence-electron chi connectivity index (χ1n) is 15.6. The van der Waals surface area contributed by atoms with Crippen molar-refractivity contribution >= 4 is 26.2 Å². The van der Waals surface area contributed by atoms with Gasteiger partial charge in [0.15, 0.2) is 6.23 Å². The van der Waals surface area contributed by atoms with Crippen LogP contribution in [0.5, 0.6) is 0 Å². The number of hydrogen-bond donors (Lipinski definition) is 1. The first kappa shape index (κ1) is 36.8. The predicted molar refractivity (Wildman–Crippen MR) is 179 cm³/mol. The van der Waals surface area contributed by atoms with E-state index in [0.29, 0.717) is 23.4 Å². The number of nitrogens with one attached hydrogen (secondary N) is 1. The lowest BCUT2D eigenvalue weighted by Crippen LogP contribution is -2.45.